The van der Waals surface area contributed by atoms with Crippen molar-refractivity contribution in [3.8, 4) is 21.9 Å². The quantitative estimate of drug-likeness (QED) is 0.451. The molecule has 1 saturated carbocycles. The van der Waals surface area contributed by atoms with Gasteiger partial charge in [-0.05, 0) is 84.2 Å². The predicted octanol–water partition coefficient (Wildman–Crippen LogP) is 4.88. The molecule has 1 fully saturated rings. The molecule has 39 heavy (non-hydrogen) atoms. The average molecular weight is 551 g/mol. The summed E-state index contributed by atoms with van der Waals surface area (Å²) in [7, 11) is 5.94. The molecule has 0 bridgehead atoms. The van der Waals surface area contributed by atoms with Crippen LogP contribution in [0.25, 0.3) is 10.4 Å². The lowest BCUT2D eigenvalue weighted by Gasteiger charge is -2.35. The molecular formula is C30H38N4O4S. The van der Waals surface area contributed by atoms with E-state index in [1.807, 2.05) is 33.0 Å². The van der Waals surface area contributed by atoms with E-state index in [9.17, 15) is 9.59 Å². The first-order chi connectivity index (χ1) is 18.7. The van der Waals surface area contributed by atoms with Gasteiger partial charge in [-0.25, -0.2) is 0 Å². The number of hydrogen-bond acceptors (Lipinski definition) is 7. The van der Waals surface area contributed by atoms with Gasteiger partial charge in [0, 0.05) is 41.2 Å². The number of hydrogen-bond donors (Lipinski definition) is 1. The highest BCUT2D eigenvalue weighted by atomic mass is 32.1. The Morgan fingerprint density at radius 1 is 1.10 bits per heavy atom. The zero-order valence-corrected chi connectivity index (χ0v) is 24.5. The molecule has 0 unspecified atom stereocenters. The summed E-state index contributed by atoms with van der Waals surface area (Å²) in [6.45, 7) is 6.54. The molecule has 0 saturated heterocycles. The maximum absolute atomic E-state index is 14.1. The van der Waals surface area contributed by atoms with Crippen LogP contribution < -0.4 is 15.0 Å². The van der Waals surface area contributed by atoms with Crippen molar-refractivity contribution in [1.29, 1.82) is 0 Å². The summed E-state index contributed by atoms with van der Waals surface area (Å²) in [6.07, 6.45) is 6.59. The molecule has 5 rings (SSSR count). The van der Waals surface area contributed by atoms with Crippen LogP contribution in [-0.2, 0) is 13.0 Å². The fourth-order valence-corrected chi connectivity index (χ4v) is 6.82. The summed E-state index contributed by atoms with van der Waals surface area (Å²) in [5, 5.41) is 0. The van der Waals surface area contributed by atoms with E-state index in [2.05, 4.69) is 29.0 Å². The molecule has 1 aliphatic heterocycles. The van der Waals surface area contributed by atoms with Crippen LogP contribution in [0.4, 0.5) is 0 Å². The summed E-state index contributed by atoms with van der Waals surface area (Å²) in [4.78, 5) is 39.1. The van der Waals surface area contributed by atoms with Gasteiger partial charge in [-0.15, -0.1) is 11.3 Å². The number of aryl methyl sites for hydroxylation is 2. The van der Waals surface area contributed by atoms with Gasteiger partial charge in [-0.2, -0.15) is 0 Å². The Morgan fingerprint density at radius 3 is 2.46 bits per heavy atom. The first-order valence-electron chi connectivity index (χ1n) is 13.6. The van der Waals surface area contributed by atoms with Crippen LogP contribution in [0.5, 0.6) is 11.5 Å². The first kappa shape index (κ1) is 27.4. The monoisotopic (exact) mass is 550 g/mol. The smallest absolute Gasteiger partial charge is 0.254 e. The minimum atomic E-state index is -0.139. The average Bonchev–Trinajstić information content (AvgIpc) is 3.43. The fourth-order valence-electron chi connectivity index (χ4n) is 6.13. The van der Waals surface area contributed by atoms with Gasteiger partial charge in [0.15, 0.2) is 11.5 Å². The third kappa shape index (κ3) is 5.22. The Balaban J connectivity index is 1.56. The van der Waals surface area contributed by atoms with Gasteiger partial charge < -0.3 is 24.3 Å². The largest absolute Gasteiger partial charge is 0.492 e. The highest BCUT2D eigenvalue weighted by molar-refractivity contribution is 7.13. The van der Waals surface area contributed by atoms with Crippen molar-refractivity contribution in [2.24, 2.45) is 0 Å². The number of amides is 1. The summed E-state index contributed by atoms with van der Waals surface area (Å²) < 4.78 is 12.7. The molecule has 1 aromatic carbocycles. The lowest BCUT2D eigenvalue weighted by Crippen LogP contribution is -2.40. The van der Waals surface area contributed by atoms with Crippen molar-refractivity contribution >= 4 is 17.2 Å². The number of thiazole rings is 1. The fraction of sp³-hybridized carbons (Fsp3) is 0.500. The molecule has 8 nitrogen and oxygen atoms in total. The molecule has 1 aliphatic carbocycles. The SMILES string of the molecule is COc1c(OC2CCC(N(C)C)CC2)c(C)c2c(c1-c1cncs1)CCN(Cc1c(C)cc(C)[nH]c1=O)C2=O. The van der Waals surface area contributed by atoms with Gasteiger partial charge in [-0.3, -0.25) is 14.6 Å². The van der Waals surface area contributed by atoms with Crippen LogP contribution in [-0.4, -0.2) is 65.6 Å². The summed E-state index contributed by atoms with van der Waals surface area (Å²) in [6, 6.07) is 2.52. The van der Waals surface area contributed by atoms with Crippen LogP contribution in [0.1, 0.15) is 64.0 Å². The summed E-state index contributed by atoms with van der Waals surface area (Å²) >= 11 is 1.53. The number of ether oxygens (including phenoxy) is 2. The van der Waals surface area contributed by atoms with E-state index in [1.54, 1.807) is 17.5 Å². The van der Waals surface area contributed by atoms with Gasteiger partial charge in [0.2, 0.25) is 0 Å². The molecule has 3 aromatic rings. The van der Waals surface area contributed by atoms with E-state index in [1.165, 1.54) is 11.3 Å². The number of aromatic amines is 1. The Morgan fingerprint density at radius 2 is 1.85 bits per heavy atom. The van der Waals surface area contributed by atoms with Crippen molar-refractivity contribution in [2.45, 2.75) is 71.6 Å². The maximum atomic E-state index is 14.1. The minimum absolute atomic E-state index is 0.0599. The van der Waals surface area contributed by atoms with Crippen molar-refractivity contribution in [1.82, 2.24) is 19.8 Å². The van der Waals surface area contributed by atoms with Crippen molar-refractivity contribution in [2.75, 3.05) is 27.7 Å². The molecule has 0 atom stereocenters. The Bertz CT molecular complexity index is 1420. The van der Waals surface area contributed by atoms with Crippen LogP contribution >= 0.6 is 11.3 Å². The van der Waals surface area contributed by atoms with E-state index < -0.39 is 0 Å². The normalized spacial score (nSPS) is 19.4. The predicted molar refractivity (Wildman–Crippen MR) is 154 cm³/mol. The number of fused-ring (bicyclic) bond motifs is 1. The lowest BCUT2D eigenvalue weighted by atomic mass is 9.87. The number of nitrogens with one attached hydrogen (secondary N) is 1. The minimum Gasteiger partial charge on any atom is -0.492 e. The standard InChI is InChI=1S/C30H38N4O4S/c1-17-13-18(2)32-29(35)23(17)15-34-12-11-22-25(30(34)36)19(3)27(28(37-6)26(22)24-14-31-16-39-24)38-21-9-7-20(8-10-21)33(4)5/h13-14,16,20-21H,7-12,15H2,1-6H3,(H,32,35). The zero-order valence-electron chi connectivity index (χ0n) is 23.7. The number of nitrogens with zero attached hydrogens (tertiary/aromatic N) is 3. The molecular weight excluding hydrogens is 512 g/mol. The van der Waals surface area contributed by atoms with E-state index in [0.29, 0.717) is 41.6 Å². The summed E-state index contributed by atoms with van der Waals surface area (Å²) in [5.74, 6) is 1.24. The number of carbonyl (C=O) groups is 1. The second kappa shape index (κ2) is 11.1. The maximum Gasteiger partial charge on any atom is 0.254 e. The van der Waals surface area contributed by atoms with Gasteiger partial charge in [0.25, 0.3) is 11.5 Å². The second-order valence-corrected chi connectivity index (χ2v) is 11.9. The van der Waals surface area contributed by atoms with Gasteiger partial charge >= 0.3 is 0 Å². The van der Waals surface area contributed by atoms with Gasteiger partial charge in [-0.1, -0.05) is 0 Å². The van der Waals surface area contributed by atoms with E-state index in [-0.39, 0.29) is 24.1 Å². The Hall–Kier alpha value is -3.17. The summed E-state index contributed by atoms with van der Waals surface area (Å²) in [5.41, 5.74) is 7.31. The number of aromatic nitrogens is 2. The van der Waals surface area contributed by atoms with Gasteiger partial charge in [0.05, 0.1) is 35.7 Å². The van der Waals surface area contributed by atoms with E-state index in [0.717, 1.165) is 58.5 Å². The third-order valence-corrected chi connectivity index (χ3v) is 9.06. The highest BCUT2D eigenvalue weighted by Gasteiger charge is 2.35. The van der Waals surface area contributed by atoms with Crippen molar-refractivity contribution in [3.05, 3.63) is 61.6 Å². The zero-order chi connectivity index (χ0) is 27.8. The number of methoxy groups -OCH3 is 1. The Kier molecular flexibility index (Phi) is 7.82. The highest BCUT2D eigenvalue weighted by Crippen LogP contribution is 2.49. The van der Waals surface area contributed by atoms with Gasteiger partial charge in [0.1, 0.15) is 0 Å². The van der Waals surface area contributed by atoms with Crippen molar-refractivity contribution < 1.29 is 14.3 Å². The number of carbonyl (C=O) groups excluding carboxylic acids is 1. The second-order valence-electron chi connectivity index (χ2n) is 11.0. The Labute approximate surface area is 234 Å². The first-order valence-corrected chi connectivity index (χ1v) is 14.5. The topological polar surface area (TPSA) is 87.8 Å². The molecule has 9 heteroatoms. The molecule has 3 heterocycles. The van der Waals surface area contributed by atoms with Crippen LogP contribution in [0.15, 0.2) is 22.6 Å². The van der Waals surface area contributed by atoms with Crippen molar-refractivity contribution in [3.63, 3.8) is 0 Å². The molecule has 208 valence electrons. The number of benzene rings is 1. The third-order valence-electron chi connectivity index (χ3n) is 8.27. The molecule has 1 amide bonds. The van der Waals surface area contributed by atoms with E-state index in [4.69, 9.17) is 9.47 Å². The molecule has 2 aliphatic rings. The van der Waals surface area contributed by atoms with E-state index >= 15 is 0 Å². The molecule has 2 aromatic heterocycles. The van der Waals surface area contributed by atoms with Crippen LogP contribution in [0.3, 0.4) is 0 Å². The van der Waals surface area contributed by atoms with Crippen LogP contribution in [0.2, 0.25) is 0 Å². The molecule has 0 spiro atoms. The van der Waals surface area contributed by atoms with Crippen LogP contribution in [0, 0.1) is 20.8 Å². The number of H-pyrrole nitrogens is 1. The molecule has 1 N–H and O–H groups in total. The molecule has 0 radical (unpaired) electrons. The number of pyridine rings is 1. The lowest BCUT2D eigenvalue weighted by molar-refractivity contribution is 0.0722. The number of rotatable bonds is 7.